The maximum atomic E-state index is 11.7. The Morgan fingerprint density at radius 3 is 2.95 bits per heavy atom. The normalized spacial score (nSPS) is 14.4. The van der Waals surface area contributed by atoms with E-state index in [0.29, 0.717) is 30.5 Å². The molecule has 0 bridgehead atoms. The van der Waals surface area contributed by atoms with Crippen molar-refractivity contribution >= 4 is 5.91 Å². The molecule has 0 saturated heterocycles. The Hall–Kier alpha value is -2.18. The molecule has 7 nitrogen and oxygen atoms in total. The molecule has 7 heteroatoms. The fraction of sp³-hybridized carbons (Fsp3) is 0.538. The summed E-state index contributed by atoms with van der Waals surface area (Å²) in [6, 6.07) is 1.75. The van der Waals surface area contributed by atoms with Crippen LogP contribution in [0.3, 0.4) is 0 Å². The van der Waals surface area contributed by atoms with Crippen LogP contribution in [0.2, 0.25) is 0 Å². The highest BCUT2D eigenvalue weighted by Crippen LogP contribution is 2.38. The average Bonchev–Trinajstić information content (AvgIpc) is 3.03. The van der Waals surface area contributed by atoms with Crippen molar-refractivity contribution in [2.45, 2.75) is 38.5 Å². The molecule has 0 spiro atoms. The minimum Gasteiger partial charge on any atom is -0.361 e. The Morgan fingerprint density at radius 2 is 2.25 bits per heavy atom. The van der Waals surface area contributed by atoms with Crippen LogP contribution in [0, 0.1) is 6.92 Å². The van der Waals surface area contributed by atoms with E-state index in [1.54, 1.807) is 6.07 Å². The van der Waals surface area contributed by atoms with Crippen LogP contribution in [0.15, 0.2) is 15.1 Å². The van der Waals surface area contributed by atoms with Crippen LogP contribution < -0.4 is 5.32 Å². The number of aryl methyl sites for hydroxylation is 1. The van der Waals surface area contributed by atoms with Gasteiger partial charge in [0.2, 0.25) is 11.8 Å². The molecule has 2 heterocycles. The van der Waals surface area contributed by atoms with E-state index >= 15 is 0 Å². The lowest BCUT2D eigenvalue weighted by Crippen LogP contribution is -2.27. The quantitative estimate of drug-likeness (QED) is 0.850. The summed E-state index contributed by atoms with van der Waals surface area (Å²) >= 11 is 0. The van der Waals surface area contributed by atoms with Gasteiger partial charge in [0.1, 0.15) is 5.76 Å². The van der Waals surface area contributed by atoms with Crippen molar-refractivity contribution in [2.75, 3.05) is 6.54 Å². The molecule has 0 aromatic carbocycles. The van der Waals surface area contributed by atoms with Crippen molar-refractivity contribution < 1.29 is 13.8 Å². The zero-order valence-corrected chi connectivity index (χ0v) is 11.3. The number of nitrogens with one attached hydrogen (secondary N) is 1. The van der Waals surface area contributed by atoms with Crippen LogP contribution in [0.5, 0.6) is 0 Å². The van der Waals surface area contributed by atoms with Crippen molar-refractivity contribution in [2.24, 2.45) is 0 Å². The van der Waals surface area contributed by atoms with Gasteiger partial charge < -0.3 is 14.4 Å². The van der Waals surface area contributed by atoms with Crippen molar-refractivity contribution in [1.29, 1.82) is 0 Å². The molecule has 1 fully saturated rings. The Labute approximate surface area is 115 Å². The zero-order chi connectivity index (χ0) is 13.9. The van der Waals surface area contributed by atoms with Crippen LogP contribution in [0.25, 0.3) is 0 Å². The Bertz CT molecular complexity index is 600. The van der Waals surface area contributed by atoms with E-state index in [1.807, 2.05) is 6.92 Å². The minimum atomic E-state index is -0.108. The van der Waals surface area contributed by atoms with Crippen molar-refractivity contribution in [1.82, 2.24) is 20.6 Å². The smallest absolute Gasteiger partial charge is 0.228 e. The monoisotopic (exact) mass is 276 g/mol. The second-order valence-electron chi connectivity index (χ2n) is 5.03. The summed E-state index contributed by atoms with van der Waals surface area (Å²) in [5.74, 6) is 2.31. The van der Waals surface area contributed by atoms with Gasteiger partial charge in [0.25, 0.3) is 0 Å². The van der Waals surface area contributed by atoms with E-state index in [-0.39, 0.29) is 12.3 Å². The van der Waals surface area contributed by atoms with Crippen molar-refractivity contribution in [3.8, 4) is 0 Å². The number of amides is 1. The Morgan fingerprint density at radius 1 is 1.40 bits per heavy atom. The van der Waals surface area contributed by atoms with Gasteiger partial charge in [0.15, 0.2) is 5.82 Å². The third-order valence-electron chi connectivity index (χ3n) is 3.10. The fourth-order valence-corrected chi connectivity index (χ4v) is 1.91. The van der Waals surface area contributed by atoms with Gasteiger partial charge >= 0.3 is 0 Å². The van der Waals surface area contributed by atoms with E-state index in [0.717, 1.165) is 24.4 Å². The first kappa shape index (κ1) is 12.8. The fourth-order valence-electron chi connectivity index (χ4n) is 1.91. The predicted octanol–water partition coefficient (Wildman–Crippen LogP) is 1.14. The molecule has 3 rings (SSSR count). The first-order valence-corrected chi connectivity index (χ1v) is 6.72. The van der Waals surface area contributed by atoms with Crippen LogP contribution in [0.4, 0.5) is 0 Å². The third kappa shape index (κ3) is 3.23. The standard InChI is InChI=1S/C13H16N4O3/c1-8-6-10(19-16-8)7-11(18)14-5-4-12-15-13(17-20-12)9-2-3-9/h6,9H,2-5,7H2,1H3,(H,14,18). The van der Waals surface area contributed by atoms with Gasteiger partial charge in [-0.05, 0) is 19.8 Å². The molecule has 0 atom stereocenters. The molecule has 0 radical (unpaired) electrons. The van der Waals surface area contributed by atoms with E-state index in [2.05, 4.69) is 20.6 Å². The third-order valence-corrected chi connectivity index (χ3v) is 3.10. The highest BCUT2D eigenvalue weighted by atomic mass is 16.5. The molecular weight excluding hydrogens is 260 g/mol. The van der Waals surface area contributed by atoms with E-state index < -0.39 is 0 Å². The van der Waals surface area contributed by atoms with Gasteiger partial charge in [-0.25, -0.2) is 0 Å². The maximum absolute atomic E-state index is 11.7. The van der Waals surface area contributed by atoms with E-state index in [1.165, 1.54) is 0 Å². The Balaban J connectivity index is 1.41. The lowest BCUT2D eigenvalue weighted by molar-refractivity contribution is -0.120. The van der Waals surface area contributed by atoms with E-state index in [9.17, 15) is 4.79 Å². The van der Waals surface area contributed by atoms with Crippen molar-refractivity contribution in [3.05, 3.63) is 29.2 Å². The SMILES string of the molecule is Cc1cc(CC(=O)NCCc2nc(C3CC3)no2)on1. The summed E-state index contributed by atoms with van der Waals surface area (Å²) in [7, 11) is 0. The summed E-state index contributed by atoms with van der Waals surface area (Å²) in [4.78, 5) is 16.0. The van der Waals surface area contributed by atoms with E-state index in [4.69, 9.17) is 9.05 Å². The molecule has 0 unspecified atom stereocenters. The van der Waals surface area contributed by atoms with Gasteiger partial charge in [0.05, 0.1) is 12.1 Å². The molecule has 20 heavy (non-hydrogen) atoms. The molecule has 1 N–H and O–H groups in total. The molecule has 1 aliphatic rings. The van der Waals surface area contributed by atoms with Crippen LogP contribution in [-0.2, 0) is 17.6 Å². The number of aromatic nitrogens is 3. The number of carbonyl (C=O) groups excluding carboxylic acids is 1. The second kappa shape index (κ2) is 5.44. The maximum Gasteiger partial charge on any atom is 0.228 e. The first-order chi connectivity index (χ1) is 9.70. The molecule has 1 aliphatic carbocycles. The predicted molar refractivity (Wildman–Crippen MR) is 67.9 cm³/mol. The molecule has 1 saturated carbocycles. The molecule has 2 aromatic heterocycles. The van der Waals surface area contributed by atoms with Crippen LogP contribution in [-0.4, -0.2) is 27.7 Å². The van der Waals surface area contributed by atoms with Crippen molar-refractivity contribution in [3.63, 3.8) is 0 Å². The highest BCUT2D eigenvalue weighted by molar-refractivity contribution is 5.77. The van der Waals surface area contributed by atoms with Gasteiger partial charge in [-0.3, -0.25) is 4.79 Å². The van der Waals surface area contributed by atoms with Gasteiger partial charge in [-0.15, -0.1) is 0 Å². The molecule has 106 valence electrons. The van der Waals surface area contributed by atoms with Gasteiger partial charge in [0, 0.05) is 24.9 Å². The summed E-state index contributed by atoms with van der Waals surface area (Å²) < 4.78 is 10.1. The molecular formula is C13H16N4O3. The lowest BCUT2D eigenvalue weighted by Gasteiger charge is -2.00. The zero-order valence-electron chi connectivity index (χ0n) is 11.3. The number of hydrogen-bond acceptors (Lipinski definition) is 6. The summed E-state index contributed by atoms with van der Waals surface area (Å²) in [6.07, 6.45) is 3.03. The van der Waals surface area contributed by atoms with Crippen LogP contribution >= 0.6 is 0 Å². The van der Waals surface area contributed by atoms with Gasteiger partial charge in [-0.2, -0.15) is 4.98 Å². The summed E-state index contributed by atoms with van der Waals surface area (Å²) in [6.45, 7) is 2.29. The van der Waals surface area contributed by atoms with Gasteiger partial charge in [-0.1, -0.05) is 10.3 Å². The number of carbonyl (C=O) groups is 1. The second-order valence-corrected chi connectivity index (χ2v) is 5.03. The summed E-state index contributed by atoms with van der Waals surface area (Å²) in [5, 5.41) is 10.4. The molecule has 1 amide bonds. The largest absolute Gasteiger partial charge is 0.361 e. The molecule has 0 aliphatic heterocycles. The number of rotatable bonds is 6. The average molecular weight is 276 g/mol. The number of hydrogen-bond donors (Lipinski definition) is 1. The molecule has 2 aromatic rings. The lowest BCUT2D eigenvalue weighted by atomic mass is 10.3. The minimum absolute atomic E-state index is 0.108. The number of nitrogens with zero attached hydrogens (tertiary/aromatic N) is 3. The Kier molecular flexibility index (Phi) is 3.49. The summed E-state index contributed by atoms with van der Waals surface area (Å²) in [5.41, 5.74) is 0.770. The van der Waals surface area contributed by atoms with Crippen LogP contribution in [0.1, 0.15) is 41.9 Å². The topological polar surface area (TPSA) is 94.1 Å². The first-order valence-electron chi connectivity index (χ1n) is 6.72. The highest BCUT2D eigenvalue weighted by Gasteiger charge is 2.28.